The van der Waals surface area contributed by atoms with Gasteiger partial charge in [0.25, 0.3) is 5.91 Å². The van der Waals surface area contributed by atoms with Crippen LogP contribution in [0.1, 0.15) is 37.2 Å². The van der Waals surface area contributed by atoms with Crippen LogP contribution in [0.5, 0.6) is 0 Å². The lowest BCUT2D eigenvalue weighted by Crippen LogP contribution is -2.35. The summed E-state index contributed by atoms with van der Waals surface area (Å²) in [7, 11) is 0. The molecule has 0 spiro atoms. The molecule has 29 heavy (non-hydrogen) atoms. The molecule has 1 atom stereocenters. The Morgan fingerprint density at radius 1 is 1.07 bits per heavy atom. The van der Waals surface area contributed by atoms with Gasteiger partial charge in [-0.1, -0.05) is 61.9 Å². The van der Waals surface area contributed by atoms with E-state index in [9.17, 15) is 9.59 Å². The van der Waals surface area contributed by atoms with Crippen LogP contribution in [0, 0.1) is 0 Å². The maximum absolute atomic E-state index is 12.7. The molecular weight excluding hydrogens is 366 g/mol. The zero-order valence-corrected chi connectivity index (χ0v) is 16.7. The van der Waals surface area contributed by atoms with Gasteiger partial charge in [0, 0.05) is 11.6 Å². The van der Waals surface area contributed by atoms with Crippen LogP contribution >= 0.6 is 0 Å². The van der Waals surface area contributed by atoms with E-state index in [4.69, 9.17) is 4.74 Å². The lowest BCUT2D eigenvalue weighted by molar-refractivity contribution is -0.124. The Labute approximate surface area is 170 Å². The maximum atomic E-state index is 12.7. The number of rotatable bonds is 8. The van der Waals surface area contributed by atoms with Crippen molar-refractivity contribution in [2.24, 2.45) is 0 Å². The first-order valence-corrected chi connectivity index (χ1v) is 9.76. The fraction of sp³-hybridized carbons (Fsp3) is 0.261. The van der Waals surface area contributed by atoms with Gasteiger partial charge >= 0.3 is 5.97 Å². The quantitative estimate of drug-likeness (QED) is 0.589. The van der Waals surface area contributed by atoms with E-state index in [-0.39, 0.29) is 24.2 Å². The Morgan fingerprint density at radius 3 is 2.38 bits per heavy atom. The minimum absolute atomic E-state index is 0.0470. The van der Waals surface area contributed by atoms with Gasteiger partial charge in [0.15, 0.2) is 12.3 Å². The molecule has 1 heterocycles. The van der Waals surface area contributed by atoms with Crippen LogP contribution in [0.25, 0.3) is 16.9 Å². The van der Waals surface area contributed by atoms with E-state index < -0.39 is 5.97 Å². The molecule has 6 nitrogen and oxygen atoms in total. The largest absolute Gasteiger partial charge is 0.451 e. The van der Waals surface area contributed by atoms with Crippen molar-refractivity contribution in [1.82, 2.24) is 15.1 Å². The molecular formula is C23H25N3O3. The average Bonchev–Trinajstić information content (AvgIpc) is 3.19. The number of aromatic nitrogens is 2. The number of hydrogen-bond acceptors (Lipinski definition) is 4. The first-order chi connectivity index (χ1) is 14.1. The second kappa shape index (κ2) is 9.68. The maximum Gasteiger partial charge on any atom is 0.357 e. The highest BCUT2D eigenvalue weighted by atomic mass is 16.5. The number of ether oxygens (including phenoxy) is 1. The molecule has 1 aromatic heterocycles. The van der Waals surface area contributed by atoms with Gasteiger partial charge in [-0.2, -0.15) is 5.10 Å². The van der Waals surface area contributed by atoms with Gasteiger partial charge < -0.3 is 10.1 Å². The third-order valence-electron chi connectivity index (χ3n) is 4.45. The van der Waals surface area contributed by atoms with E-state index in [1.54, 1.807) is 10.7 Å². The Kier molecular flexibility index (Phi) is 6.79. The lowest BCUT2D eigenvalue weighted by atomic mass is 10.1. The number of carbonyl (C=O) groups is 2. The van der Waals surface area contributed by atoms with Crippen LogP contribution < -0.4 is 5.32 Å². The molecule has 0 unspecified atom stereocenters. The van der Waals surface area contributed by atoms with Crippen LogP contribution in [0.15, 0.2) is 66.7 Å². The summed E-state index contributed by atoms with van der Waals surface area (Å²) >= 11 is 0. The van der Waals surface area contributed by atoms with E-state index in [1.807, 2.05) is 67.6 Å². The highest BCUT2D eigenvalue weighted by Gasteiger charge is 2.20. The molecule has 0 aliphatic heterocycles. The predicted molar refractivity (Wildman–Crippen MR) is 112 cm³/mol. The molecule has 6 heteroatoms. The summed E-state index contributed by atoms with van der Waals surface area (Å²) in [5.74, 6) is -0.907. The van der Waals surface area contributed by atoms with Crippen molar-refractivity contribution in [3.63, 3.8) is 0 Å². The van der Waals surface area contributed by atoms with Gasteiger partial charge in [0.05, 0.1) is 11.4 Å². The first-order valence-electron chi connectivity index (χ1n) is 9.76. The zero-order valence-electron chi connectivity index (χ0n) is 16.7. The Bertz CT molecular complexity index is 952. The van der Waals surface area contributed by atoms with Crippen LogP contribution in [-0.4, -0.2) is 34.3 Å². The molecule has 3 aromatic rings. The van der Waals surface area contributed by atoms with Gasteiger partial charge in [-0.05, 0) is 31.5 Å². The van der Waals surface area contributed by atoms with Crippen molar-refractivity contribution in [2.45, 2.75) is 32.7 Å². The van der Waals surface area contributed by atoms with E-state index in [2.05, 4.69) is 17.3 Å². The fourth-order valence-corrected chi connectivity index (χ4v) is 3.07. The number of benzene rings is 2. The van der Waals surface area contributed by atoms with Gasteiger partial charge in [-0.15, -0.1) is 0 Å². The lowest BCUT2D eigenvalue weighted by Gasteiger charge is -2.13. The third kappa shape index (κ3) is 5.31. The van der Waals surface area contributed by atoms with Crippen molar-refractivity contribution in [1.29, 1.82) is 0 Å². The number of carbonyl (C=O) groups excluding carboxylic acids is 2. The first kappa shape index (κ1) is 20.3. The molecule has 1 N–H and O–H groups in total. The van der Waals surface area contributed by atoms with Crippen LogP contribution in [0.4, 0.5) is 0 Å². The normalized spacial score (nSPS) is 11.7. The van der Waals surface area contributed by atoms with Crippen LogP contribution in [-0.2, 0) is 9.53 Å². The molecule has 0 saturated heterocycles. The third-order valence-corrected chi connectivity index (χ3v) is 4.45. The predicted octanol–water partition coefficient (Wildman–Crippen LogP) is 4.00. The van der Waals surface area contributed by atoms with Gasteiger partial charge in [-0.25, -0.2) is 9.48 Å². The molecule has 1 amide bonds. The van der Waals surface area contributed by atoms with Crippen molar-refractivity contribution < 1.29 is 14.3 Å². The topological polar surface area (TPSA) is 73.2 Å². The van der Waals surface area contributed by atoms with Crippen molar-refractivity contribution in [2.75, 3.05) is 6.61 Å². The highest BCUT2D eigenvalue weighted by Crippen LogP contribution is 2.22. The van der Waals surface area contributed by atoms with Crippen LogP contribution in [0.3, 0.4) is 0 Å². The molecule has 0 bridgehead atoms. The summed E-state index contributed by atoms with van der Waals surface area (Å²) < 4.78 is 6.81. The van der Waals surface area contributed by atoms with E-state index in [0.717, 1.165) is 24.1 Å². The number of nitrogens with zero attached hydrogens (tertiary/aromatic N) is 2. The van der Waals surface area contributed by atoms with Crippen molar-refractivity contribution >= 4 is 11.9 Å². The monoisotopic (exact) mass is 391 g/mol. The summed E-state index contributed by atoms with van der Waals surface area (Å²) in [6, 6.07) is 20.7. The van der Waals surface area contributed by atoms with E-state index in [0.29, 0.717) is 5.69 Å². The van der Waals surface area contributed by atoms with Gasteiger partial charge in [0.1, 0.15) is 0 Å². The summed E-state index contributed by atoms with van der Waals surface area (Å²) in [6.45, 7) is 3.66. The smallest absolute Gasteiger partial charge is 0.357 e. The SMILES string of the molecule is CCC[C@H](C)NC(=O)COC(=O)c1cc(-c2ccccc2)nn1-c1ccccc1. The second-order valence-electron chi connectivity index (χ2n) is 6.86. The molecule has 3 rings (SSSR count). The number of hydrogen-bond donors (Lipinski definition) is 1. The molecule has 0 aliphatic rings. The van der Waals surface area contributed by atoms with E-state index in [1.165, 1.54) is 0 Å². The number of amides is 1. The minimum Gasteiger partial charge on any atom is -0.451 e. The number of esters is 1. The molecule has 2 aromatic carbocycles. The minimum atomic E-state index is -0.596. The summed E-state index contributed by atoms with van der Waals surface area (Å²) in [5, 5.41) is 7.41. The molecule has 0 aliphatic carbocycles. The van der Waals surface area contributed by atoms with Crippen molar-refractivity contribution in [3.8, 4) is 16.9 Å². The standard InChI is InChI=1S/C23H25N3O3/c1-3-10-17(2)24-22(27)16-29-23(28)21-15-20(18-11-6-4-7-12-18)25-26(21)19-13-8-5-9-14-19/h4-9,11-15,17H,3,10,16H2,1-2H3,(H,24,27)/t17-/m0/s1. The van der Waals surface area contributed by atoms with Crippen LogP contribution in [0.2, 0.25) is 0 Å². The molecule has 0 fully saturated rings. The van der Waals surface area contributed by atoms with Gasteiger partial charge in [0.2, 0.25) is 0 Å². The molecule has 0 saturated carbocycles. The molecule has 150 valence electrons. The Hall–Kier alpha value is -3.41. The summed E-state index contributed by atoms with van der Waals surface area (Å²) in [4.78, 5) is 24.8. The van der Waals surface area contributed by atoms with E-state index >= 15 is 0 Å². The number of para-hydroxylation sites is 1. The highest BCUT2D eigenvalue weighted by molar-refractivity contribution is 5.91. The average molecular weight is 391 g/mol. The summed E-state index contributed by atoms with van der Waals surface area (Å²) in [6.07, 6.45) is 1.85. The summed E-state index contributed by atoms with van der Waals surface area (Å²) in [5.41, 5.74) is 2.55. The van der Waals surface area contributed by atoms with Gasteiger partial charge in [-0.3, -0.25) is 4.79 Å². The number of nitrogens with one attached hydrogen (secondary N) is 1. The Balaban J connectivity index is 1.80. The van der Waals surface area contributed by atoms with Crippen molar-refractivity contribution in [3.05, 3.63) is 72.4 Å². The molecule has 0 radical (unpaired) electrons. The zero-order chi connectivity index (χ0) is 20.6. The fourth-order valence-electron chi connectivity index (χ4n) is 3.07. The Morgan fingerprint density at radius 2 is 1.72 bits per heavy atom. The second-order valence-corrected chi connectivity index (χ2v) is 6.86.